The number of para-hydroxylation sites is 2. The second-order valence-electron chi connectivity index (χ2n) is 6.88. The number of benzene rings is 3. The summed E-state index contributed by atoms with van der Waals surface area (Å²) < 4.78 is 40.6. The highest BCUT2D eigenvalue weighted by atomic mass is 19.4. The van der Waals surface area contributed by atoms with Crippen LogP contribution in [0.3, 0.4) is 0 Å². The third-order valence-corrected chi connectivity index (χ3v) is 4.90. The normalized spacial score (nSPS) is 11.5. The molecule has 1 heterocycles. The maximum atomic E-state index is 13.5. The summed E-state index contributed by atoms with van der Waals surface area (Å²) in [6.45, 7) is 1.86. The first-order valence-corrected chi connectivity index (χ1v) is 9.27. The van der Waals surface area contributed by atoms with Crippen LogP contribution in [0.2, 0.25) is 0 Å². The minimum absolute atomic E-state index is 0.184. The molecule has 0 saturated carbocycles. The first-order chi connectivity index (χ1) is 14.4. The maximum absolute atomic E-state index is 13.5. The van der Waals surface area contributed by atoms with Crippen molar-refractivity contribution in [3.05, 3.63) is 95.7 Å². The zero-order chi connectivity index (χ0) is 21.3. The number of hydrogen-bond acceptors (Lipinski definition) is 2. The van der Waals surface area contributed by atoms with Gasteiger partial charge in [-0.05, 0) is 30.2 Å². The lowest BCUT2D eigenvalue weighted by molar-refractivity contribution is -0.136. The van der Waals surface area contributed by atoms with Crippen molar-refractivity contribution in [2.24, 2.45) is 0 Å². The third-order valence-electron chi connectivity index (χ3n) is 4.90. The number of pyridine rings is 1. The van der Waals surface area contributed by atoms with E-state index in [4.69, 9.17) is 0 Å². The molecule has 0 bridgehead atoms. The minimum atomic E-state index is -4.55. The van der Waals surface area contributed by atoms with E-state index in [9.17, 15) is 18.0 Å². The van der Waals surface area contributed by atoms with E-state index in [0.717, 1.165) is 11.6 Å². The molecule has 1 aromatic heterocycles. The number of amides is 1. The Morgan fingerprint density at radius 3 is 2.30 bits per heavy atom. The molecular formula is C24H17F3N2O. The van der Waals surface area contributed by atoms with Crippen molar-refractivity contribution < 1.29 is 18.0 Å². The van der Waals surface area contributed by atoms with Gasteiger partial charge in [0.05, 0.1) is 16.6 Å². The van der Waals surface area contributed by atoms with E-state index in [0.29, 0.717) is 16.8 Å². The predicted molar refractivity (Wildman–Crippen MR) is 111 cm³/mol. The van der Waals surface area contributed by atoms with E-state index in [1.165, 1.54) is 12.3 Å². The molecular weight excluding hydrogens is 389 g/mol. The van der Waals surface area contributed by atoms with Crippen molar-refractivity contribution in [1.29, 1.82) is 0 Å². The molecule has 0 radical (unpaired) electrons. The summed E-state index contributed by atoms with van der Waals surface area (Å²) in [5.41, 5.74) is 1.75. The Morgan fingerprint density at radius 2 is 1.60 bits per heavy atom. The van der Waals surface area contributed by atoms with Crippen LogP contribution in [-0.2, 0) is 6.18 Å². The van der Waals surface area contributed by atoms with Gasteiger partial charge >= 0.3 is 6.18 Å². The molecule has 0 aliphatic rings. The van der Waals surface area contributed by atoms with E-state index in [-0.39, 0.29) is 16.5 Å². The van der Waals surface area contributed by atoms with Crippen molar-refractivity contribution >= 4 is 22.5 Å². The van der Waals surface area contributed by atoms with Crippen LogP contribution < -0.4 is 5.32 Å². The van der Waals surface area contributed by atoms with E-state index in [2.05, 4.69) is 10.3 Å². The van der Waals surface area contributed by atoms with Crippen molar-refractivity contribution in [2.45, 2.75) is 13.1 Å². The van der Waals surface area contributed by atoms with Crippen LogP contribution in [0.25, 0.3) is 22.0 Å². The molecule has 150 valence electrons. The SMILES string of the molecule is Cc1ccccc1NC(=O)c1cnc2c(C(F)(F)F)cccc2c1-c1ccccc1. The fourth-order valence-corrected chi connectivity index (χ4v) is 3.44. The number of nitrogens with zero attached hydrogens (tertiary/aromatic N) is 1. The highest BCUT2D eigenvalue weighted by Crippen LogP contribution is 2.38. The number of halogens is 3. The number of rotatable bonds is 3. The molecule has 1 N–H and O–H groups in total. The number of nitrogens with one attached hydrogen (secondary N) is 1. The van der Waals surface area contributed by atoms with Crippen LogP contribution in [0.5, 0.6) is 0 Å². The topological polar surface area (TPSA) is 42.0 Å². The van der Waals surface area contributed by atoms with Gasteiger partial charge in [0.1, 0.15) is 0 Å². The van der Waals surface area contributed by atoms with Crippen molar-refractivity contribution in [2.75, 3.05) is 5.32 Å². The standard InChI is InChI=1S/C24H17F3N2O/c1-15-8-5-6-13-20(15)29-23(30)18-14-28-22-17(11-7-12-19(22)24(25,26)27)21(18)16-9-3-2-4-10-16/h2-14H,1H3,(H,29,30). The van der Waals surface area contributed by atoms with Crippen molar-refractivity contribution in [3.63, 3.8) is 0 Å². The number of alkyl halides is 3. The van der Waals surface area contributed by atoms with Gasteiger partial charge in [0.2, 0.25) is 0 Å². The number of aromatic nitrogens is 1. The number of fused-ring (bicyclic) bond motifs is 1. The van der Waals surface area contributed by atoms with Crippen molar-refractivity contribution in [1.82, 2.24) is 4.98 Å². The van der Waals surface area contributed by atoms with Gasteiger partial charge < -0.3 is 5.32 Å². The monoisotopic (exact) mass is 406 g/mol. The lowest BCUT2D eigenvalue weighted by Gasteiger charge is -2.16. The first kappa shape index (κ1) is 19.6. The highest BCUT2D eigenvalue weighted by Gasteiger charge is 2.34. The molecule has 0 spiro atoms. The number of aryl methyl sites for hydroxylation is 1. The second kappa shape index (κ2) is 7.63. The molecule has 0 unspecified atom stereocenters. The quantitative estimate of drug-likeness (QED) is 0.423. The molecule has 4 rings (SSSR count). The fraction of sp³-hybridized carbons (Fsp3) is 0.0833. The summed E-state index contributed by atoms with van der Waals surface area (Å²) in [4.78, 5) is 17.2. The molecule has 0 saturated heterocycles. The number of carbonyl (C=O) groups is 1. The van der Waals surface area contributed by atoms with Gasteiger partial charge in [0, 0.05) is 22.8 Å². The summed E-state index contributed by atoms with van der Waals surface area (Å²) in [6, 6.07) is 20.1. The summed E-state index contributed by atoms with van der Waals surface area (Å²) >= 11 is 0. The van der Waals surface area contributed by atoms with Gasteiger partial charge in [-0.3, -0.25) is 9.78 Å². The second-order valence-corrected chi connectivity index (χ2v) is 6.88. The van der Waals surface area contributed by atoms with Crippen LogP contribution in [0, 0.1) is 6.92 Å². The van der Waals surface area contributed by atoms with Gasteiger partial charge in [0.15, 0.2) is 0 Å². The number of hydrogen-bond donors (Lipinski definition) is 1. The molecule has 3 nitrogen and oxygen atoms in total. The summed E-state index contributed by atoms with van der Waals surface area (Å²) in [6.07, 6.45) is -3.33. The van der Waals surface area contributed by atoms with Crippen LogP contribution in [0.15, 0.2) is 79.0 Å². The molecule has 3 aromatic carbocycles. The molecule has 30 heavy (non-hydrogen) atoms. The smallest absolute Gasteiger partial charge is 0.322 e. The molecule has 0 aliphatic carbocycles. The zero-order valence-electron chi connectivity index (χ0n) is 16.0. The number of carbonyl (C=O) groups excluding carboxylic acids is 1. The molecule has 0 fully saturated rings. The van der Waals surface area contributed by atoms with Crippen LogP contribution in [0.4, 0.5) is 18.9 Å². The molecule has 6 heteroatoms. The lowest BCUT2D eigenvalue weighted by atomic mass is 9.94. The Morgan fingerprint density at radius 1 is 0.900 bits per heavy atom. The minimum Gasteiger partial charge on any atom is -0.322 e. The zero-order valence-corrected chi connectivity index (χ0v) is 16.0. The van der Waals surface area contributed by atoms with Gasteiger partial charge in [-0.25, -0.2) is 0 Å². The summed E-state index contributed by atoms with van der Waals surface area (Å²) in [7, 11) is 0. The molecule has 0 aliphatic heterocycles. The molecule has 1 amide bonds. The average molecular weight is 406 g/mol. The highest BCUT2D eigenvalue weighted by molar-refractivity contribution is 6.14. The summed E-state index contributed by atoms with van der Waals surface area (Å²) in [5.74, 6) is -0.435. The Balaban J connectivity index is 1.94. The van der Waals surface area contributed by atoms with E-state index in [1.807, 2.05) is 19.1 Å². The predicted octanol–water partition coefficient (Wildman–Crippen LogP) is 6.48. The molecule has 0 atom stereocenters. The van der Waals surface area contributed by atoms with Gasteiger partial charge in [-0.2, -0.15) is 13.2 Å². The third kappa shape index (κ3) is 3.64. The average Bonchev–Trinajstić information content (AvgIpc) is 2.74. The van der Waals surface area contributed by atoms with E-state index < -0.39 is 17.6 Å². The first-order valence-electron chi connectivity index (χ1n) is 9.27. The van der Waals surface area contributed by atoms with E-state index in [1.54, 1.807) is 48.5 Å². The van der Waals surface area contributed by atoms with Crippen molar-refractivity contribution in [3.8, 4) is 11.1 Å². The Kier molecular flexibility index (Phi) is 4.99. The fourth-order valence-electron chi connectivity index (χ4n) is 3.44. The van der Waals surface area contributed by atoms with Crippen LogP contribution in [0.1, 0.15) is 21.5 Å². The van der Waals surface area contributed by atoms with E-state index >= 15 is 0 Å². The Bertz CT molecular complexity index is 1230. The Hall–Kier alpha value is -3.67. The largest absolute Gasteiger partial charge is 0.418 e. The van der Waals surface area contributed by atoms with Crippen LogP contribution >= 0.6 is 0 Å². The van der Waals surface area contributed by atoms with Gasteiger partial charge in [-0.15, -0.1) is 0 Å². The Labute approximate surface area is 171 Å². The number of anilines is 1. The lowest BCUT2D eigenvalue weighted by Crippen LogP contribution is -2.15. The van der Waals surface area contributed by atoms with Crippen LogP contribution in [-0.4, -0.2) is 10.9 Å². The summed E-state index contributed by atoms with van der Waals surface area (Å²) in [5, 5.41) is 3.12. The van der Waals surface area contributed by atoms with Gasteiger partial charge in [-0.1, -0.05) is 60.7 Å². The molecule has 4 aromatic rings. The maximum Gasteiger partial charge on any atom is 0.418 e. The van der Waals surface area contributed by atoms with Gasteiger partial charge in [0.25, 0.3) is 5.91 Å².